The molecular formula is C29H32N4O6. The van der Waals surface area contributed by atoms with Crippen molar-refractivity contribution in [2.75, 3.05) is 5.32 Å². The van der Waals surface area contributed by atoms with Gasteiger partial charge in [0, 0.05) is 12.3 Å². The molecule has 10 heteroatoms. The van der Waals surface area contributed by atoms with E-state index in [1.807, 2.05) is 30.3 Å². The van der Waals surface area contributed by atoms with Gasteiger partial charge >= 0.3 is 0 Å². The van der Waals surface area contributed by atoms with Gasteiger partial charge in [-0.2, -0.15) is 0 Å². The third-order valence-corrected chi connectivity index (χ3v) is 5.94. The van der Waals surface area contributed by atoms with Crippen LogP contribution < -0.4 is 26.2 Å². The molecule has 0 radical (unpaired) electrons. The molecule has 3 rings (SSSR count). The van der Waals surface area contributed by atoms with Gasteiger partial charge in [-0.1, -0.05) is 51.1 Å². The fraction of sp³-hybridized carbons (Fsp3) is 0.276. The highest BCUT2D eigenvalue weighted by molar-refractivity contribution is 6.07. The number of benzene rings is 2. The minimum Gasteiger partial charge on any atom is -0.489 e. The fourth-order valence-electron chi connectivity index (χ4n) is 3.65. The molecule has 2 atom stereocenters. The zero-order valence-electron chi connectivity index (χ0n) is 22.0. The number of pyridine rings is 1. The molecule has 1 aromatic heterocycles. The van der Waals surface area contributed by atoms with Crippen LogP contribution in [0.25, 0.3) is 0 Å². The Morgan fingerprint density at radius 1 is 0.974 bits per heavy atom. The minimum absolute atomic E-state index is 0.101. The Hall–Kier alpha value is -4.73. The highest BCUT2D eigenvalue weighted by Gasteiger charge is 2.26. The lowest BCUT2D eigenvalue weighted by atomic mass is 10.0. The van der Waals surface area contributed by atoms with Gasteiger partial charge in [0.15, 0.2) is 0 Å². The molecule has 0 bridgehead atoms. The van der Waals surface area contributed by atoms with Crippen molar-refractivity contribution in [3.05, 3.63) is 93.9 Å². The van der Waals surface area contributed by atoms with Crippen LogP contribution in [-0.4, -0.2) is 41.1 Å². The van der Waals surface area contributed by atoms with Crippen LogP contribution in [0.15, 0.2) is 71.7 Å². The Balaban J connectivity index is 1.84. The molecule has 10 nitrogen and oxygen atoms in total. The van der Waals surface area contributed by atoms with E-state index in [9.17, 15) is 24.0 Å². The maximum Gasteiger partial charge on any atom is 0.254 e. The van der Waals surface area contributed by atoms with Crippen molar-refractivity contribution in [2.24, 2.45) is 5.92 Å². The second kappa shape index (κ2) is 13.7. The zero-order chi connectivity index (χ0) is 28.4. The van der Waals surface area contributed by atoms with E-state index in [1.165, 1.54) is 30.5 Å². The van der Waals surface area contributed by atoms with Gasteiger partial charge in [-0.25, -0.2) is 0 Å². The first-order chi connectivity index (χ1) is 18.7. The van der Waals surface area contributed by atoms with Crippen LogP contribution in [0.5, 0.6) is 5.75 Å². The van der Waals surface area contributed by atoms with Crippen molar-refractivity contribution in [3.63, 3.8) is 0 Å². The average molecular weight is 533 g/mol. The Labute approximate surface area is 226 Å². The van der Waals surface area contributed by atoms with Crippen LogP contribution in [0.3, 0.4) is 0 Å². The number of aldehydes is 1. The molecule has 4 N–H and O–H groups in total. The van der Waals surface area contributed by atoms with Crippen LogP contribution in [-0.2, 0) is 16.2 Å². The maximum absolute atomic E-state index is 13.3. The normalized spacial score (nSPS) is 12.2. The molecule has 3 aromatic rings. The summed E-state index contributed by atoms with van der Waals surface area (Å²) in [7, 11) is 0. The first-order valence-electron chi connectivity index (χ1n) is 12.6. The standard InChI is InChI=1S/C29H32N4O6/c1-4-21(16-34)31-28(37)23-14-22(39-17-19-8-6-5-7-9-19)11-12-24(23)32-29(38)26(18(2)3)33-27(36)20-10-13-25(35)30-15-20/h5-16,18,21,26H,4,17H2,1-3H3,(H,30,35)(H,31,37)(H,32,38)(H,33,36). The SMILES string of the molecule is CCC(C=O)NC(=O)c1cc(OCc2ccccc2)ccc1NC(=O)C(NC(=O)c1ccc(=O)[nH]c1)C(C)C. The molecule has 2 aromatic carbocycles. The molecule has 0 saturated carbocycles. The predicted octanol–water partition coefficient (Wildman–Crippen LogP) is 3.05. The molecule has 0 aliphatic heterocycles. The van der Waals surface area contributed by atoms with Gasteiger partial charge in [-0.3, -0.25) is 19.2 Å². The number of H-pyrrole nitrogens is 1. The Kier molecular flexibility index (Phi) is 10.1. The lowest BCUT2D eigenvalue weighted by molar-refractivity contribution is -0.119. The number of aromatic nitrogens is 1. The smallest absolute Gasteiger partial charge is 0.254 e. The molecule has 39 heavy (non-hydrogen) atoms. The van der Waals surface area contributed by atoms with Gasteiger partial charge < -0.3 is 30.5 Å². The summed E-state index contributed by atoms with van der Waals surface area (Å²) in [5, 5.41) is 8.05. The first-order valence-corrected chi connectivity index (χ1v) is 12.6. The van der Waals surface area contributed by atoms with E-state index >= 15 is 0 Å². The molecule has 2 unspecified atom stereocenters. The summed E-state index contributed by atoms with van der Waals surface area (Å²) in [5.41, 5.74) is 1.06. The second-order valence-electron chi connectivity index (χ2n) is 9.23. The summed E-state index contributed by atoms with van der Waals surface area (Å²) in [5.74, 6) is -1.56. The van der Waals surface area contributed by atoms with Gasteiger partial charge in [-0.15, -0.1) is 0 Å². The Morgan fingerprint density at radius 2 is 1.72 bits per heavy atom. The molecule has 0 spiro atoms. The second-order valence-corrected chi connectivity index (χ2v) is 9.23. The third kappa shape index (κ3) is 8.13. The van der Waals surface area contributed by atoms with Gasteiger partial charge in [0.1, 0.15) is 24.7 Å². The van der Waals surface area contributed by atoms with E-state index in [1.54, 1.807) is 26.8 Å². The van der Waals surface area contributed by atoms with E-state index in [2.05, 4.69) is 20.9 Å². The topological polar surface area (TPSA) is 146 Å². The van der Waals surface area contributed by atoms with E-state index in [-0.39, 0.29) is 34.9 Å². The van der Waals surface area contributed by atoms with Crippen molar-refractivity contribution in [3.8, 4) is 5.75 Å². The van der Waals surface area contributed by atoms with Crippen LogP contribution in [0.4, 0.5) is 5.69 Å². The summed E-state index contributed by atoms with van der Waals surface area (Å²) in [4.78, 5) is 64.1. The van der Waals surface area contributed by atoms with Crippen molar-refractivity contribution < 1.29 is 23.9 Å². The molecule has 1 heterocycles. The first kappa shape index (κ1) is 28.8. The summed E-state index contributed by atoms with van der Waals surface area (Å²) >= 11 is 0. The zero-order valence-corrected chi connectivity index (χ0v) is 22.0. The predicted molar refractivity (Wildman–Crippen MR) is 147 cm³/mol. The molecular weight excluding hydrogens is 500 g/mol. The van der Waals surface area contributed by atoms with Crippen molar-refractivity contribution >= 4 is 29.7 Å². The number of anilines is 1. The molecule has 204 valence electrons. The van der Waals surface area contributed by atoms with E-state index in [0.717, 1.165) is 5.56 Å². The number of rotatable bonds is 12. The molecule has 0 fully saturated rings. The molecule has 0 aliphatic rings. The number of hydrogen-bond donors (Lipinski definition) is 4. The summed E-state index contributed by atoms with van der Waals surface area (Å²) in [6, 6.07) is 15.1. The summed E-state index contributed by atoms with van der Waals surface area (Å²) < 4.78 is 5.85. The van der Waals surface area contributed by atoms with Crippen molar-refractivity contribution in [2.45, 2.75) is 45.9 Å². The van der Waals surface area contributed by atoms with E-state index in [0.29, 0.717) is 18.5 Å². The number of amides is 3. The van der Waals surface area contributed by atoms with Gasteiger partial charge in [0.2, 0.25) is 11.5 Å². The average Bonchev–Trinajstić information content (AvgIpc) is 2.94. The minimum atomic E-state index is -0.951. The van der Waals surface area contributed by atoms with Gasteiger partial charge in [0.25, 0.3) is 11.8 Å². The number of carbonyl (C=O) groups excluding carboxylic acids is 4. The Bertz CT molecular complexity index is 1350. The van der Waals surface area contributed by atoms with Crippen LogP contribution in [0, 0.1) is 5.92 Å². The monoisotopic (exact) mass is 532 g/mol. The summed E-state index contributed by atoms with van der Waals surface area (Å²) in [6.45, 7) is 5.56. The van der Waals surface area contributed by atoms with Crippen LogP contribution in [0.2, 0.25) is 0 Å². The number of carbonyl (C=O) groups is 4. The van der Waals surface area contributed by atoms with Gasteiger partial charge in [0.05, 0.1) is 22.9 Å². The fourth-order valence-corrected chi connectivity index (χ4v) is 3.65. The van der Waals surface area contributed by atoms with Crippen LogP contribution in [0.1, 0.15) is 53.5 Å². The largest absolute Gasteiger partial charge is 0.489 e. The van der Waals surface area contributed by atoms with E-state index < -0.39 is 29.8 Å². The highest BCUT2D eigenvalue weighted by atomic mass is 16.5. The molecule has 3 amide bonds. The number of hydrogen-bond acceptors (Lipinski definition) is 6. The van der Waals surface area contributed by atoms with Crippen LogP contribution >= 0.6 is 0 Å². The number of nitrogens with one attached hydrogen (secondary N) is 4. The Morgan fingerprint density at radius 3 is 2.33 bits per heavy atom. The third-order valence-electron chi connectivity index (χ3n) is 5.94. The maximum atomic E-state index is 13.3. The molecule has 0 aliphatic carbocycles. The van der Waals surface area contributed by atoms with Gasteiger partial charge in [-0.05, 0) is 42.2 Å². The summed E-state index contributed by atoms with van der Waals surface area (Å²) in [6.07, 6.45) is 2.31. The lowest BCUT2D eigenvalue weighted by Gasteiger charge is -2.23. The van der Waals surface area contributed by atoms with Crippen molar-refractivity contribution in [1.29, 1.82) is 0 Å². The lowest BCUT2D eigenvalue weighted by Crippen LogP contribution is -2.47. The number of aromatic amines is 1. The highest BCUT2D eigenvalue weighted by Crippen LogP contribution is 2.24. The van der Waals surface area contributed by atoms with E-state index in [4.69, 9.17) is 4.74 Å². The quantitative estimate of drug-likeness (QED) is 0.264. The van der Waals surface area contributed by atoms with Crippen molar-refractivity contribution in [1.82, 2.24) is 15.6 Å². The number of ether oxygens (including phenoxy) is 1. The molecule has 0 saturated heterocycles.